The first-order chi connectivity index (χ1) is 14.8. The number of imide groups is 1. The Kier molecular flexibility index (Phi) is 7.36. The predicted octanol–water partition coefficient (Wildman–Crippen LogP) is 3.01. The summed E-state index contributed by atoms with van der Waals surface area (Å²) < 4.78 is 0. The van der Waals surface area contributed by atoms with Crippen LogP contribution in [0.25, 0.3) is 0 Å². The number of carbonyl (C=O) groups is 3. The molecule has 31 heavy (non-hydrogen) atoms. The van der Waals surface area contributed by atoms with Crippen molar-refractivity contribution in [1.82, 2.24) is 15.2 Å². The molecular weight excluding hydrogens is 394 g/mol. The van der Waals surface area contributed by atoms with Gasteiger partial charge in [-0.25, -0.2) is 9.78 Å². The summed E-state index contributed by atoms with van der Waals surface area (Å²) in [7, 11) is 0. The minimum Gasteiger partial charge on any atom is -0.310 e. The van der Waals surface area contributed by atoms with Crippen LogP contribution in [0, 0.1) is 26.7 Å². The SMILES string of the molecule is Cc1ccc(NC(=O)C2CCN(CC(=O)NC(=O)Nc3ccc(C)cc3C)CC2)nc1. The number of hydrogen-bond acceptors (Lipinski definition) is 5. The van der Waals surface area contributed by atoms with E-state index in [0.29, 0.717) is 37.4 Å². The lowest BCUT2D eigenvalue weighted by atomic mass is 9.96. The molecule has 0 unspecified atom stereocenters. The van der Waals surface area contributed by atoms with E-state index in [9.17, 15) is 14.4 Å². The second kappa shape index (κ2) is 10.2. The number of anilines is 2. The van der Waals surface area contributed by atoms with Crippen molar-refractivity contribution in [3.63, 3.8) is 0 Å². The fraction of sp³-hybridized carbons (Fsp3) is 0.391. The number of carbonyl (C=O) groups excluding carboxylic acids is 3. The molecule has 4 amide bonds. The summed E-state index contributed by atoms with van der Waals surface area (Å²) in [5.74, 6) is 0.0183. The Bertz CT molecular complexity index is 950. The van der Waals surface area contributed by atoms with Gasteiger partial charge < -0.3 is 10.6 Å². The Hall–Kier alpha value is -3.26. The van der Waals surface area contributed by atoms with Crippen LogP contribution < -0.4 is 16.0 Å². The zero-order chi connectivity index (χ0) is 22.4. The molecule has 0 atom stereocenters. The van der Waals surface area contributed by atoms with E-state index in [1.165, 1.54) is 0 Å². The molecule has 1 aromatic heterocycles. The molecule has 1 fully saturated rings. The highest BCUT2D eigenvalue weighted by Crippen LogP contribution is 2.19. The van der Waals surface area contributed by atoms with Crippen LogP contribution in [0.5, 0.6) is 0 Å². The molecule has 0 saturated carbocycles. The number of nitrogens with one attached hydrogen (secondary N) is 3. The van der Waals surface area contributed by atoms with Crippen molar-refractivity contribution in [2.75, 3.05) is 30.3 Å². The number of rotatable bonds is 5. The molecule has 8 nitrogen and oxygen atoms in total. The maximum absolute atomic E-state index is 12.4. The maximum atomic E-state index is 12.4. The van der Waals surface area contributed by atoms with E-state index in [-0.39, 0.29) is 24.3 Å². The maximum Gasteiger partial charge on any atom is 0.325 e. The van der Waals surface area contributed by atoms with Crippen molar-refractivity contribution in [2.45, 2.75) is 33.6 Å². The van der Waals surface area contributed by atoms with Crippen molar-refractivity contribution in [3.8, 4) is 0 Å². The van der Waals surface area contributed by atoms with Crippen LogP contribution in [0.4, 0.5) is 16.3 Å². The molecule has 3 rings (SSSR count). The number of urea groups is 1. The summed E-state index contributed by atoms with van der Waals surface area (Å²) in [5, 5.41) is 7.93. The fourth-order valence-electron chi connectivity index (χ4n) is 3.60. The van der Waals surface area contributed by atoms with Crippen LogP contribution in [-0.2, 0) is 9.59 Å². The van der Waals surface area contributed by atoms with Gasteiger partial charge >= 0.3 is 6.03 Å². The second-order valence-electron chi connectivity index (χ2n) is 8.08. The van der Waals surface area contributed by atoms with E-state index in [1.54, 1.807) is 12.3 Å². The highest BCUT2D eigenvalue weighted by Gasteiger charge is 2.26. The molecule has 0 spiro atoms. The lowest BCUT2D eigenvalue weighted by molar-refractivity contribution is -0.122. The number of likely N-dealkylation sites (tertiary alicyclic amines) is 1. The summed E-state index contributed by atoms with van der Waals surface area (Å²) >= 11 is 0. The third-order valence-electron chi connectivity index (χ3n) is 5.37. The van der Waals surface area contributed by atoms with E-state index in [2.05, 4.69) is 20.9 Å². The zero-order valence-electron chi connectivity index (χ0n) is 18.2. The molecule has 1 saturated heterocycles. The minimum atomic E-state index is -0.545. The van der Waals surface area contributed by atoms with Crippen LogP contribution in [0.2, 0.25) is 0 Å². The molecular formula is C23H29N5O3. The Balaban J connectivity index is 1.40. The molecule has 1 aliphatic heterocycles. The van der Waals surface area contributed by atoms with E-state index >= 15 is 0 Å². The van der Waals surface area contributed by atoms with Gasteiger partial charge in [-0.3, -0.25) is 19.8 Å². The van der Waals surface area contributed by atoms with Gasteiger partial charge in [0.2, 0.25) is 11.8 Å². The van der Waals surface area contributed by atoms with Gasteiger partial charge in [0.05, 0.1) is 6.54 Å². The number of nitrogens with zero attached hydrogens (tertiary/aromatic N) is 2. The molecule has 1 aliphatic rings. The standard InChI is InChI=1S/C23H29N5O3/c1-15-4-6-19(17(3)12-15)25-23(31)27-21(29)14-28-10-8-18(9-11-28)22(30)26-20-7-5-16(2)13-24-20/h4-7,12-13,18H,8-11,14H2,1-3H3,(H,24,26,30)(H2,25,27,29,31). The minimum absolute atomic E-state index is 0.0479. The second-order valence-corrected chi connectivity index (χ2v) is 8.08. The van der Waals surface area contributed by atoms with Gasteiger partial charge in [-0.2, -0.15) is 0 Å². The number of amides is 4. The number of piperidine rings is 1. The first-order valence-electron chi connectivity index (χ1n) is 10.4. The first-order valence-corrected chi connectivity index (χ1v) is 10.4. The van der Waals surface area contributed by atoms with Crippen LogP contribution in [0.15, 0.2) is 36.5 Å². The molecule has 164 valence electrons. The van der Waals surface area contributed by atoms with Crippen molar-refractivity contribution in [3.05, 3.63) is 53.2 Å². The quantitative estimate of drug-likeness (QED) is 0.686. The van der Waals surface area contributed by atoms with Crippen LogP contribution in [0.3, 0.4) is 0 Å². The molecule has 0 bridgehead atoms. The summed E-state index contributed by atoms with van der Waals surface area (Å²) in [6.45, 7) is 7.18. The average Bonchev–Trinajstić information content (AvgIpc) is 2.72. The number of aryl methyl sites for hydroxylation is 3. The van der Waals surface area contributed by atoms with E-state index in [0.717, 1.165) is 16.7 Å². The Morgan fingerprint density at radius 3 is 2.35 bits per heavy atom. The van der Waals surface area contributed by atoms with Gasteiger partial charge in [-0.05, 0) is 70.0 Å². The zero-order valence-corrected chi connectivity index (χ0v) is 18.2. The van der Waals surface area contributed by atoms with Crippen molar-refractivity contribution >= 4 is 29.4 Å². The molecule has 0 radical (unpaired) electrons. The van der Waals surface area contributed by atoms with Gasteiger partial charge in [-0.15, -0.1) is 0 Å². The largest absolute Gasteiger partial charge is 0.325 e. The molecule has 0 aliphatic carbocycles. The highest BCUT2D eigenvalue weighted by atomic mass is 16.2. The Morgan fingerprint density at radius 1 is 1.00 bits per heavy atom. The average molecular weight is 424 g/mol. The van der Waals surface area contributed by atoms with Crippen molar-refractivity contribution in [2.24, 2.45) is 5.92 Å². The smallest absolute Gasteiger partial charge is 0.310 e. The summed E-state index contributed by atoms with van der Waals surface area (Å²) in [6.07, 6.45) is 3.02. The normalized spacial score (nSPS) is 14.7. The highest BCUT2D eigenvalue weighted by molar-refractivity contribution is 6.02. The lowest BCUT2D eigenvalue weighted by Gasteiger charge is -2.30. The van der Waals surface area contributed by atoms with Crippen molar-refractivity contribution in [1.29, 1.82) is 0 Å². The van der Waals surface area contributed by atoms with E-state index in [4.69, 9.17) is 0 Å². The van der Waals surface area contributed by atoms with Crippen LogP contribution in [0.1, 0.15) is 29.5 Å². The van der Waals surface area contributed by atoms with Crippen LogP contribution in [-0.4, -0.2) is 47.4 Å². The van der Waals surface area contributed by atoms with E-state index < -0.39 is 6.03 Å². The molecule has 8 heteroatoms. The van der Waals surface area contributed by atoms with Crippen molar-refractivity contribution < 1.29 is 14.4 Å². The van der Waals surface area contributed by atoms with E-state index in [1.807, 2.05) is 49.9 Å². The van der Waals surface area contributed by atoms with Gasteiger partial charge in [0.25, 0.3) is 0 Å². The third kappa shape index (κ3) is 6.62. The van der Waals surface area contributed by atoms with Gasteiger partial charge in [-0.1, -0.05) is 23.8 Å². The number of hydrogen-bond donors (Lipinski definition) is 3. The lowest BCUT2D eigenvalue weighted by Crippen LogP contribution is -2.45. The monoisotopic (exact) mass is 423 g/mol. The van der Waals surface area contributed by atoms with Gasteiger partial charge in [0.15, 0.2) is 0 Å². The summed E-state index contributed by atoms with van der Waals surface area (Å²) in [4.78, 5) is 43.0. The topological polar surface area (TPSA) is 103 Å². The first kappa shape index (κ1) is 22.4. The third-order valence-corrected chi connectivity index (χ3v) is 5.37. The van der Waals surface area contributed by atoms with Gasteiger partial charge in [0, 0.05) is 17.8 Å². The molecule has 3 N–H and O–H groups in total. The Labute approximate surface area is 182 Å². The number of pyridine rings is 1. The van der Waals surface area contributed by atoms with Gasteiger partial charge in [0.1, 0.15) is 5.82 Å². The Morgan fingerprint density at radius 2 is 1.71 bits per heavy atom. The summed E-state index contributed by atoms with van der Waals surface area (Å²) in [5.41, 5.74) is 3.74. The molecule has 2 aromatic rings. The fourth-order valence-corrected chi connectivity index (χ4v) is 3.60. The van der Waals surface area contributed by atoms with Crippen LogP contribution >= 0.6 is 0 Å². The molecule has 2 heterocycles. The predicted molar refractivity (Wildman–Crippen MR) is 120 cm³/mol. The number of benzene rings is 1. The number of aromatic nitrogens is 1. The summed E-state index contributed by atoms with van der Waals surface area (Å²) in [6, 6.07) is 8.83. The molecule has 1 aromatic carbocycles.